The topological polar surface area (TPSA) is 78.9 Å². The van der Waals surface area contributed by atoms with Crippen LogP contribution < -0.4 is 5.32 Å². The summed E-state index contributed by atoms with van der Waals surface area (Å²) in [6, 6.07) is 13.7. The van der Waals surface area contributed by atoms with Crippen LogP contribution in [0.25, 0.3) is 16.6 Å². The number of para-hydroxylation sites is 1. The number of hydrogen-bond donors (Lipinski definition) is 1. The number of nitriles is 1. The Morgan fingerprint density at radius 1 is 1.05 bits per heavy atom. The van der Waals surface area contributed by atoms with E-state index < -0.39 is 0 Å². The molecule has 0 aliphatic heterocycles. The molecule has 0 unspecified atom stereocenters. The van der Waals surface area contributed by atoms with Gasteiger partial charge < -0.3 is 5.32 Å². The van der Waals surface area contributed by atoms with Crippen molar-refractivity contribution in [1.82, 2.24) is 19.6 Å². The van der Waals surface area contributed by atoms with Gasteiger partial charge in [0.2, 0.25) is 0 Å². The molecule has 0 atom stereocenters. The molecule has 6 heteroatoms. The average Bonchev–Trinajstić information content (AvgIpc) is 2.99. The van der Waals surface area contributed by atoms with Gasteiger partial charge in [-0.15, -0.1) is 0 Å². The molecule has 0 aliphatic carbocycles. The normalized spacial score (nSPS) is 10.7. The summed E-state index contributed by atoms with van der Waals surface area (Å²) in [5.41, 5.74) is 2.72. The summed E-state index contributed by atoms with van der Waals surface area (Å²) in [5.74, 6) is 0.727. The quantitative estimate of drug-likeness (QED) is 0.613. The standard InChI is InChI=1S/C16H10N6/c17-9-12-10-20-22-14(6-8-19-16(12)22)21-13-5-1-3-11-4-2-7-18-15(11)13/h1-8,10,21H. The predicted molar refractivity (Wildman–Crippen MR) is 82.7 cm³/mol. The van der Waals surface area contributed by atoms with Gasteiger partial charge in [-0.2, -0.15) is 14.9 Å². The molecule has 104 valence electrons. The number of aromatic nitrogens is 4. The molecule has 1 aromatic carbocycles. The van der Waals surface area contributed by atoms with Crippen LogP contribution in [0.15, 0.2) is 55.0 Å². The Labute approximate surface area is 125 Å². The lowest BCUT2D eigenvalue weighted by atomic mass is 10.2. The first-order valence-corrected chi connectivity index (χ1v) is 6.70. The minimum atomic E-state index is 0.444. The summed E-state index contributed by atoms with van der Waals surface area (Å²) in [5, 5.41) is 17.7. The van der Waals surface area contributed by atoms with Crippen LogP contribution in [0.1, 0.15) is 5.56 Å². The van der Waals surface area contributed by atoms with Gasteiger partial charge in [-0.1, -0.05) is 18.2 Å². The molecule has 3 heterocycles. The zero-order valence-electron chi connectivity index (χ0n) is 11.4. The minimum absolute atomic E-state index is 0.444. The fourth-order valence-corrected chi connectivity index (χ4v) is 2.41. The molecule has 0 saturated heterocycles. The van der Waals surface area contributed by atoms with E-state index in [0.29, 0.717) is 11.2 Å². The number of nitrogens with one attached hydrogen (secondary N) is 1. The van der Waals surface area contributed by atoms with Crippen molar-refractivity contribution in [2.24, 2.45) is 0 Å². The van der Waals surface area contributed by atoms with E-state index in [1.54, 1.807) is 16.9 Å². The number of benzene rings is 1. The molecule has 6 nitrogen and oxygen atoms in total. The van der Waals surface area contributed by atoms with Crippen molar-refractivity contribution in [3.05, 3.63) is 60.6 Å². The molecule has 0 bridgehead atoms. The van der Waals surface area contributed by atoms with E-state index in [1.807, 2.05) is 36.4 Å². The van der Waals surface area contributed by atoms with E-state index in [9.17, 15) is 0 Å². The van der Waals surface area contributed by atoms with E-state index in [1.165, 1.54) is 6.20 Å². The van der Waals surface area contributed by atoms with Gasteiger partial charge in [-0.05, 0) is 18.2 Å². The fraction of sp³-hybridized carbons (Fsp3) is 0. The average molecular weight is 286 g/mol. The zero-order valence-corrected chi connectivity index (χ0v) is 11.4. The Balaban J connectivity index is 1.87. The molecule has 0 fully saturated rings. The first kappa shape index (κ1) is 12.3. The van der Waals surface area contributed by atoms with Crippen LogP contribution in [0, 0.1) is 11.3 Å². The molecule has 4 rings (SSSR count). The summed E-state index contributed by atoms with van der Waals surface area (Å²) < 4.78 is 1.61. The second kappa shape index (κ2) is 4.82. The van der Waals surface area contributed by atoms with Gasteiger partial charge in [-0.25, -0.2) is 4.98 Å². The minimum Gasteiger partial charge on any atom is -0.338 e. The third-order valence-electron chi connectivity index (χ3n) is 3.42. The van der Waals surface area contributed by atoms with Crippen molar-refractivity contribution >= 4 is 28.1 Å². The van der Waals surface area contributed by atoms with Crippen molar-refractivity contribution in [3.63, 3.8) is 0 Å². The molecule has 1 N–H and O–H groups in total. The molecule has 3 aromatic heterocycles. The first-order chi connectivity index (χ1) is 10.9. The Morgan fingerprint density at radius 3 is 2.86 bits per heavy atom. The largest absolute Gasteiger partial charge is 0.338 e. The monoisotopic (exact) mass is 286 g/mol. The van der Waals surface area contributed by atoms with E-state index in [2.05, 4.69) is 26.5 Å². The third-order valence-corrected chi connectivity index (χ3v) is 3.42. The van der Waals surface area contributed by atoms with Crippen molar-refractivity contribution < 1.29 is 0 Å². The molecular formula is C16H10N6. The van der Waals surface area contributed by atoms with Gasteiger partial charge in [0.15, 0.2) is 5.65 Å². The number of hydrogen-bond acceptors (Lipinski definition) is 5. The highest BCUT2D eigenvalue weighted by Crippen LogP contribution is 2.24. The van der Waals surface area contributed by atoms with Crippen molar-refractivity contribution in [2.45, 2.75) is 0 Å². The second-order valence-corrected chi connectivity index (χ2v) is 4.74. The lowest BCUT2D eigenvalue weighted by molar-refractivity contribution is 0.947. The van der Waals surface area contributed by atoms with Crippen LogP contribution in [-0.2, 0) is 0 Å². The van der Waals surface area contributed by atoms with Crippen molar-refractivity contribution in [1.29, 1.82) is 5.26 Å². The van der Waals surface area contributed by atoms with E-state index in [0.717, 1.165) is 22.4 Å². The number of rotatable bonds is 2. The maximum atomic E-state index is 9.07. The summed E-state index contributed by atoms with van der Waals surface area (Å²) >= 11 is 0. The highest BCUT2D eigenvalue weighted by atomic mass is 15.3. The zero-order chi connectivity index (χ0) is 14.9. The van der Waals surface area contributed by atoms with Crippen LogP contribution in [0.5, 0.6) is 0 Å². The fourth-order valence-electron chi connectivity index (χ4n) is 2.41. The SMILES string of the molecule is N#Cc1cnn2c(Nc3cccc4cccnc34)ccnc12. The molecule has 0 amide bonds. The third kappa shape index (κ3) is 1.84. The maximum Gasteiger partial charge on any atom is 0.175 e. The van der Waals surface area contributed by atoms with Gasteiger partial charge in [0.1, 0.15) is 17.5 Å². The number of pyridine rings is 1. The van der Waals surface area contributed by atoms with Gasteiger partial charge >= 0.3 is 0 Å². The highest BCUT2D eigenvalue weighted by Gasteiger charge is 2.09. The van der Waals surface area contributed by atoms with Gasteiger partial charge in [0.25, 0.3) is 0 Å². The number of nitrogens with zero attached hydrogens (tertiary/aromatic N) is 5. The Bertz CT molecular complexity index is 1020. The van der Waals surface area contributed by atoms with E-state index in [4.69, 9.17) is 5.26 Å². The summed E-state index contributed by atoms with van der Waals surface area (Å²) in [6.45, 7) is 0. The van der Waals surface area contributed by atoms with Crippen LogP contribution in [0.4, 0.5) is 11.5 Å². The number of fused-ring (bicyclic) bond motifs is 2. The van der Waals surface area contributed by atoms with Crippen molar-refractivity contribution in [3.8, 4) is 6.07 Å². The Kier molecular flexibility index (Phi) is 2.70. The maximum absolute atomic E-state index is 9.07. The van der Waals surface area contributed by atoms with Crippen LogP contribution in [0.3, 0.4) is 0 Å². The van der Waals surface area contributed by atoms with Gasteiger partial charge in [-0.3, -0.25) is 4.98 Å². The lowest BCUT2D eigenvalue weighted by Crippen LogP contribution is -2.01. The number of anilines is 2. The molecule has 4 aromatic rings. The molecule has 0 spiro atoms. The Hall–Kier alpha value is -3.46. The summed E-state index contributed by atoms with van der Waals surface area (Å²) in [6.07, 6.45) is 4.92. The molecular weight excluding hydrogens is 276 g/mol. The van der Waals surface area contributed by atoms with Crippen LogP contribution >= 0.6 is 0 Å². The van der Waals surface area contributed by atoms with Gasteiger partial charge in [0.05, 0.1) is 17.4 Å². The van der Waals surface area contributed by atoms with Crippen LogP contribution in [-0.4, -0.2) is 19.6 Å². The van der Waals surface area contributed by atoms with Crippen molar-refractivity contribution in [2.75, 3.05) is 5.32 Å². The molecule has 0 radical (unpaired) electrons. The molecule has 22 heavy (non-hydrogen) atoms. The van der Waals surface area contributed by atoms with E-state index in [-0.39, 0.29) is 0 Å². The summed E-state index contributed by atoms with van der Waals surface area (Å²) in [7, 11) is 0. The second-order valence-electron chi connectivity index (χ2n) is 4.74. The highest BCUT2D eigenvalue weighted by molar-refractivity contribution is 5.91. The van der Waals surface area contributed by atoms with Gasteiger partial charge in [0, 0.05) is 17.8 Å². The smallest absolute Gasteiger partial charge is 0.175 e. The Morgan fingerprint density at radius 2 is 1.95 bits per heavy atom. The van der Waals surface area contributed by atoms with Crippen LogP contribution in [0.2, 0.25) is 0 Å². The van der Waals surface area contributed by atoms with E-state index >= 15 is 0 Å². The first-order valence-electron chi connectivity index (χ1n) is 6.70. The molecule has 0 saturated carbocycles. The molecule has 0 aliphatic rings. The lowest BCUT2D eigenvalue weighted by Gasteiger charge is -2.10. The predicted octanol–water partition coefficient (Wildman–Crippen LogP) is 2.89. The summed E-state index contributed by atoms with van der Waals surface area (Å²) in [4.78, 5) is 8.62.